The molecule has 0 bridgehead atoms. The molecular formula is C6H8N7O-. The van der Waals surface area contributed by atoms with Gasteiger partial charge in [-0.05, 0) is 24.3 Å². The van der Waals surface area contributed by atoms with E-state index >= 15 is 0 Å². The number of hydrogen-bond acceptors (Lipinski definition) is 7. The molecule has 0 amide bonds. The van der Waals surface area contributed by atoms with Gasteiger partial charge in [-0.2, -0.15) is 9.50 Å². The zero-order valence-corrected chi connectivity index (χ0v) is 7.67. The number of hydrogen-bond donors (Lipinski definition) is 1. The van der Waals surface area contributed by atoms with E-state index in [1.807, 2.05) is 13.8 Å². The molecule has 8 heteroatoms. The van der Waals surface area contributed by atoms with E-state index in [1.54, 1.807) is 0 Å². The number of fused-ring (bicyclic) bond motifs is 1. The second-order valence-corrected chi connectivity index (χ2v) is 3.02. The normalized spacial score (nSPS) is 11.1. The first kappa shape index (κ1) is 8.60. The molecule has 14 heavy (non-hydrogen) atoms. The summed E-state index contributed by atoms with van der Waals surface area (Å²) in [5.74, 6) is 0.389. The van der Waals surface area contributed by atoms with Gasteiger partial charge < -0.3 is 10.4 Å². The predicted octanol–water partition coefficient (Wildman–Crippen LogP) is -1.19. The fourth-order valence-corrected chi connectivity index (χ4v) is 0.956. The molecule has 0 radical (unpaired) electrons. The lowest BCUT2D eigenvalue weighted by molar-refractivity contribution is -0.284. The van der Waals surface area contributed by atoms with Crippen molar-refractivity contribution in [3.05, 3.63) is 0 Å². The summed E-state index contributed by atoms with van der Waals surface area (Å²) in [4.78, 5) is 7.60. The Hall–Kier alpha value is -1.99. The minimum atomic E-state index is -0.539. The maximum Gasteiger partial charge on any atom is 0.277 e. The molecule has 74 valence electrons. The lowest BCUT2D eigenvalue weighted by Crippen LogP contribution is -2.15. The Labute approximate surface area is 79.0 Å². The Morgan fingerprint density at radius 2 is 2.14 bits per heavy atom. The van der Waals surface area contributed by atoms with Crippen LogP contribution < -0.4 is 10.4 Å². The monoisotopic (exact) mass is 194 g/mol. The highest BCUT2D eigenvalue weighted by atomic mass is 16.3. The van der Waals surface area contributed by atoms with Crippen LogP contribution in [0.15, 0.2) is 0 Å². The van der Waals surface area contributed by atoms with Crippen molar-refractivity contribution < 1.29 is 5.11 Å². The fourth-order valence-electron chi connectivity index (χ4n) is 0.956. The summed E-state index contributed by atoms with van der Waals surface area (Å²) in [7, 11) is 0. The zero-order valence-electron chi connectivity index (χ0n) is 7.67. The molecule has 2 aromatic heterocycles. The first-order chi connectivity index (χ1) is 6.66. The summed E-state index contributed by atoms with van der Waals surface area (Å²) >= 11 is 0. The molecule has 0 aromatic carbocycles. The van der Waals surface area contributed by atoms with Gasteiger partial charge in [0, 0.05) is 6.04 Å². The van der Waals surface area contributed by atoms with Crippen LogP contribution in [0.3, 0.4) is 0 Å². The van der Waals surface area contributed by atoms with Gasteiger partial charge in [0.2, 0.25) is 5.95 Å². The SMILES string of the molecule is CC(C)Nc1nc([O-])n2nnnc2n1. The van der Waals surface area contributed by atoms with E-state index in [9.17, 15) is 5.11 Å². The minimum absolute atomic E-state index is 0.146. The van der Waals surface area contributed by atoms with Crippen molar-refractivity contribution in [3.63, 3.8) is 0 Å². The smallest absolute Gasteiger partial charge is 0.277 e. The van der Waals surface area contributed by atoms with Crippen molar-refractivity contribution in [3.8, 4) is 6.01 Å². The van der Waals surface area contributed by atoms with Gasteiger partial charge >= 0.3 is 0 Å². The summed E-state index contributed by atoms with van der Waals surface area (Å²) in [5, 5.41) is 24.5. The van der Waals surface area contributed by atoms with Gasteiger partial charge in [0.1, 0.15) is 0 Å². The summed E-state index contributed by atoms with van der Waals surface area (Å²) in [6.07, 6.45) is 0. The second kappa shape index (κ2) is 3.05. The zero-order chi connectivity index (χ0) is 10.1. The summed E-state index contributed by atoms with van der Waals surface area (Å²) in [6.45, 7) is 3.83. The summed E-state index contributed by atoms with van der Waals surface area (Å²) < 4.78 is 0.936. The molecule has 1 N–H and O–H groups in total. The molecular weight excluding hydrogens is 186 g/mol. The van der Waals surface area contributed by atoms with Crippen LogP contribution in [0, 0.1) is 0 Å². The topological polar surface area (TPSA) is 104 Å². The highest BCUT2D eigenvalue weighted by Gasteiger charge is 2.04. The fraction of sp³-hybridized carbons (Fsp3) is 0.500. The van der Waals surface area contributed by atoms with E-state index < -0.39 is 6.01 Å². The van der Waals surface area contributed by atoms with Crippen LogP contribution in [0.1, 0.15) is 13.8 Å². The molecule has 2 rings (SSSR count). The number of nitrogens with zero attached hydrogens (tertiary/aromatic N) is 6. The molecule has 2 aromatic rings. The molecule has 0 spiro atoms. The Morgan fingerprint density at radius 1 is 1.36 bits per heavy atom. The number of aromatic nitrogens is 6. The lowest BCUT2D eigenvalue weighted by atomic mass is 10.4. The van der Waals surface area contributed by atoms with E-state index in [4.69, 9.17) is 0 Å². The highest BCUT2D eigenvalue weighted by Crippen LogP contribution is 2.06. The average molecular weight is 194 g/mol. The maximum atomic E-state index is 11.3. The van der Waals surface area contributed by atoms with Crippen LogP contribution in [-0.2, 0) is 0 Å². The van der Waals surface area contributed by atoms with Crippen LogP contribution in [0.5, 0.6) is 6.01 Å². The van der Waals surface area contributed by atoms with Crippen LogP contribution in [0.2, 0.25) is 0 Å². The van der Waals surface area contributed by atoms with Crippen molar-refractivity contribution in [2.24, 2.45) is 0 Å². The number of rotatable bonds is 2. The largest absolute Gasteiger partial charge is 0.844 e. The molecule has 0 fully saturated rings. The van der Waals surface area contributed by atoms with Crippen molar-refractivity contribution in [1.82, 2.24) is 30.0 Å². The third-order valence-electron chi connectivity index (χ3n) is 1.46. The highest BCUT2D eigenvalue weighted by molar-refractivity contribution is 5.36. The van der Waals surface area contributed by atoms with Gasteiger partial charge in [-0.15, -0.1) is 0 Å². The quantitative estimate of drug-likeness (QED) is 0.640. The Bertz CT molecular complexity index is 450. The standard InChI is InChI=1S/C6H9N7O/c1-3(2)7-4-8-5-10-11-12-13(5)6(14)9-4/h3H,1-2H3,(H2,7,8,9,10,12,14)/p-1. The van der Waals surface area contributed by atoms with Crippen molar-refractivity contribution in [1.29, 1.82) is 0 Å². The summed E-state index contributed by atoms with van der Waals surface area (Å²) in [5.41, 5.74) is 0. The molecule has 0 atom stereocenters. The number of tetrazole rings is 1. The molecule has 0 aliphatic heterocycles. The van der Waals surface area contributed by atoms with Crippen molar-refractivity contribution in [2.75, 3.05) is 5.32 Å². The first-order valence-electron chi connectivity index (χ1n) is 4.06. The van der Waals surface area contributed by atoms with Gasteiger partial charge in [0.15, 0.2) is 0 Å². The van der Waals surface area contributed by atoms with Crippen molar-refractivity contribution in [2.45, 2.75) is 19.9 Å². The van der Waals surface area contributed by atoms with Crippen LogP contribution in [-0.4, -0.2) is 36.1 Å². The molecule has 0 saturated heterocycles. The molecule has 0 unspecified atom stereocenters. The van der Waals surface area contributed by atoms with E-state index in [0.717, 1.165) is 4.52 Å². The number of anilines is 1. The summed E-state index contributed by atoms with van der Waals surface area (Å²) in [6, 6.07) is -0.393. The Morgan fingerprint density at radius 3 is 2.86 bits per heavy atom. The van der Waals surface area contributed by atoms with Gasteiger partial charge in [0.25, 0.3) is 5.78 Å². The molecule has 0 saturated carbocycles. The average Bonchev–Trinajstić information content (AvgIpc) is 2.50. The molecule has 0 aliphatic carbocycles. The molecule has 2 heterocycles. The number of nitrogens with one attached hydrogen (secondary N) is 1. The Balaban J connectivity index is 2.47. The van der Waals surface area contributed by atoms with E-state index in [-0.39, 0.29) is 17.8 Å². The van der Waals surface area contributed by atoms with Crippen LogP contribution in [0.4, 0.5) is 5.95 Å². The van der Waals surface area contributed by atoms with Gasteiger partial charge in [-0.3, -0.25) is 0 Å². The maximum absolute atomic E-state index is 11.3. The Kier molecular flexibility index (Phi) is 1.88. The van der Waals surface area contributed by atoms with E-state index in [0.29, 0.717) is 0 Å². The van der Waals surface area contributed by atoms with Gasteiger partial charge in [-0.25, -0.2) is 4.98 Å². The minimum Gasteiger partial charge on any atom is -0.844 e. The predicted molar refractivity (Wildman–Crippen MR) is 44.6 cm³/mol. The van der Waals surface area contributed by atoms with Crippen molar-refractivity contribution >= 4 is 11.7 Å². The van der Waals surface area contributed by atoms with Gasteiger partial charge in [-0.1, -0.05) is 5.10 Å². The molecule has 8 nitrogen and oxygen atoms in total. The van der Waals surface area contributed by atoms with E-state index in [2.05, 4.69) is 30.8 Å². The molecule has 0 aliphatic rings. The van der Waals surface area contributed by atoms with Crippen LogP contribution >= 0.6 is 0 Å². The van der Waals surface area contributed by atoms with Crippen LogP contribution in [0.25, 0.3) is 5.78 Å². The second-order valence-electron chi connectivity index (χ2n) is 3.02. The lowest BCUT2D eigenvalue weighted by Gasteiger charge is -2.10. The van der Waals surface area contributed by atoms with Gasteiger partial charge in [0.05, 0.1) is 6.01 Å². The van der Waals surface area contributed by atoms with E-state index in [1.165, 1.54) is 0 Å². The first-order valence-corrected chi connectivity index (χ1v) is 4.06. The third-order valence-corrected chi connectivity index (χ3v) is 1.46. The third kappa shape index (κ3) is 1.41.